The molecule has 6 heteroatoms. The van der Waals surface area contributed by atoms with Gasteiger partial charge in [-0.2, -0.15) is 0 Å². The molecule has 0 unspecified atom stereocenters. The van der Waals surface area contributed by atoms with E-state index in [9.17, 15) is 9.59 Å². The molecular weight excluding hydrogens is 376 g/mol. The van der Waals surface area contributed by atoms with Gasteiger partial charge in [0.2, 0.25) is 11.9 Å². The second-order valence-corrected chi connectivity index (χ2v) is 8.24. The average Bonchev–Trinajstić information content (AvgIpc) is 3.37. The maximum Gasteiger partial charge on any atom is 0.257 e. The summed E-state index contributed by atoms with van der Waals surface area (Å²) >= 11 is 0. The second-order valence-electron chi connectivity index (χ2n) is 8.24. The van der Waals surface area contributed by atoms with Crippen molar-refractivity contribution in [3.05, 3.63) is 54.1 Å². The van der Waals surface area contributed by atoms with E-state index in [4.69, 9.17) is 4.98 Å². The predicted molar refractivity (Wildman–Crippen MR) is 118 cm³/mol. The highest BCUT2D eigenvalue weighted by Gasteiger charge is 2.24. The van der Waals surface area contributed by atoms with Crippen LogP contribution in [0, 0.1) is 0 Å². The Bertz CT molecular complexity index is 1080. The van der Waals surface area contributed by atoms with Gasteiger partial charge in [0.1, 0.15) is 0 Å². The molecule has 6 nitrogen and oxygen atoms in total. The number of nitrogens with one attached hydrogen (secondary N) is 1. The van der Waals surface area contributed by atoms with Gasteiger partial charge < -0.3 is 9.47 Å². The quantitative estimate of drug-likeness (QED) is 0.673. The number of imidazole rings is 1. The Morgan fingerprint density at radius 2 is 1.73 bits per heavy atom. The van der Waals surface area contributed by atoms with Crippen molar-refractivity contribution in [2.45, 2.75) is 51.0 Å². The van der Waals surface area contributed by atoms with Gasteiger partial charge in [0.15, 0.2) is 0 Å². The van der Waals surface area contributed by atoms with Crippen LogP contribution < -0.4 is 10.2 Å². The van der Waals surface area contributed by atoms with Crippen molar-refractivity contribution in [2.24, 2.45) is 0 Å². The minimum absolute atomic E-state index is 0.147. The fraction of sp³-hybridized carbons (Fsp3) is 0.375. The Labute approximate surface area is 175 Å². The predicted octanol–water partition coefficient (Wildman–Crippen LogP) is 4.92. The number of carbonyl (C=O) groups is 2. The first kappa shape index (κ1) is 18.9. The van der Waals surface area contributed by atoms with Gasteiger partial charge in [0.05, 0.1) is 11.0 Å². The van der Waals surface area contributed by atoms with Crippen molar-refractivity contribution in [3.8, 4) is 0 Å². The summed E-state index contributed by atoms with van der Waals surface area (Å²) in [5, 5.41) is 3.04. The third-order valence-corrected chi connectivity index (χ3v) is 6.28. The molecule has 1 saturated carbocycles. The van der Waals surface area contributed by atoms with E-state index in [0.717, 1.165) is 42.5 Å². The SMILES string of the molecule is O=C(Nc1nc2ccccc2n1C1CCCCC1)c1ccc(N2CCCC2=O)cc1. The number of rotatable bonds is 4. The Kier molecular flexibility index (Phi) is 4.99. The number of nitrogens with zero attached hydrogens (tertiary/aromatic N) is 3. The number of hydrogen-bond donors (Lipinski definition) is 1. The largest absolute Gasteiger partial charge is 0.312 e. The van der Waals surface area contributed by atoms with Crippen LogP contribution in [0.2, 0.25) is 0 Å². The lowest BCUT2D eigenvalue weighted by Crippen LogP contribution is -2.24. The molecule has 2 aliphatic rings. The molecule has 0 spiro atoms. The number of para-hydroxylation sites is 2. The molecule has 1 N–H and O–H groups in total. The standard InChI is InChI=1S/C24H26N4O2/c29-22-11-6-16-27(22)18-14-12-17(13-15-18)23(30)26-24-25-20-9-4-5-10-21(20)28(24)19-7-2-1-3-8-19/h4-5,9-10,12-15,19H,1-3,6-8,11,16H2,(H,25,26,30). The Hall–Kier alpha value is -3.15. The average molecular weight is 402 g/mol. The van der Waals surface area contributed by atoms with Crippen molar-refractivity contribution in [2.75, 3.05) is 16.8 Å². The smallest absolute Gasteiger partial charge is 0.257 e. The highest BCUT2D eigenvalue weighted by Crippen LogP contribution is 2.34. The van der Waals surface area contributed by atoms with E-state index in [1.807, 2.05) is 30.3 Å². The van der Waals surface area contributed by atoms with Gasteiger partial charge in [-0.25, -0.2) is 4.98 Å². The van der Waals surface area contributed by atoms with Crippen molar-refractivity contribution in [3.63, 3.8) is 0 Å². The highest BCUT2D eigenvalue weighted by atomic mass is 16.2. The van der Waals surface area contributed by atoms with Gasteiger partial charge in [-0.15, -0.1) is 0 Å². The minimum atomic E-state index is -0.179. The van der Waals surface area contributed by atoms with E-state index >= 15 is 0 Å². The summed E-state index contributed by atoms with van der Waals surface area (Å²) in [6.45, 7) is 0.746. The summed E-state index contributed by atoms with van der Waals surface area (Å²) in [7, 11) is 0. The maximum atomic E-state index is 13.0. The summed E-state index contributed by atoms with van der Waals surface area (Å²) in [4.78, 5) is 31.4. The number of hydrogen-bond acceptors (Lipinski definition) is 3. The molecule has 1 aliphatic heterocycles. The van der Waals surface area contributed by atoms with E-state index in [1.165, 1.54) is 19.3 Å². The molecule has 2 heterocycles. The first-order chi connectivity index (χ1) is 14.7. The fourth-order valence-electron chi connectivity index (χ4n) is 4.73. The van der Waals surface area contributed by atoms with Crippen LogP contribution in [-0.4, -0.2) is 27.9 Å². The van der Waals surface area contributed by atoms with E-state index in [2.05, 4.69) is 16.0 Å². The summed E-state index contributed by atoms with van der Waals surface area (Å²) < 4.78 is 2.21. The van der Waals surface area contributed by atoms with Crippen LogP contribution in [0.4, 0.5) is 11.6 Å². The Balaban J connectivity index is 1.41. The molecule has 2 amide bonds. The van der Waals surface area contributed by atoms with E-state index in [0.29, 0.717) is 24.0 Å². The van der Waals surface area contributed by atoms with Crippen LogP contribution in [0.25, 0.3) is 11.0 Å². The lowest BCUT2D eigenvalue weighted by molar-refractivity contribution is -0.117. The third-order valence-electron chi connectivity index (χ3n) is 6.28. The monoisotopic (exact) mass is 402 g/mol. The van der Waals surface area contributed by atoms with E-state index < -0.39 is 0 Å². The van der Waals surface area contributed by atoms with Crippen molar-refractivity contribution in [1.29, 1.82) is 0 Å². The first-order valence-corrected chi connectivity index (χ1v) is 10.9. The van der Waals surface area contributed by atoms with Crippen LogP contribution >= 0.6 is 0 Å². The molecule has 0 radical (unpaired) electrons. The van der Waals surface area contributed by atoms with Crippen LogP contribution in [0.3, 0.4) is 0 Å². The van der Waals surface area contributed by atoms with Crippen LogP contribution in [0.15, 0.2) is 48.5 Å². The van der Waals surface area contributed by atoms with Gasteiger partial charge in [-0.05, 0) is 55.7 Å². The molecule has 0 atom stereocenters. The zero-order chi connectivity index (χ0) is 20.5. The van der Waals surface area contributed by atoms with E-state index in [1.54, 1.807) is 17.0 Å². The minimum Gasteiger partial charge on any atom is -0.312 e. The van der Waals surface area contributed by atoms with Gasteiger partial charge in [0.25, 0.3) is 5.91 Å². The Morgan fingerprint density at radius 1 is 0.967 bits per heavy atom. The van der Waals surface area contributed by atoms with Crippen LogP contribution in [-0.2, 0) is 4.79 Å². The maximum absolute atomic E-state index is 13.0. The summed E-state index contributed by atoms with van der Waals surface area (Å²) in [5.41, 5.74) is 3.39. The fourth-order valence-corrected chi connectivity index (χ4v) is 4.73. The summed E-state index contributed by atoms with van der Waals surface area (Å²) in [5.74, 6) is 0.585. The van der Waals surface area contributed by atoms with Gasteiger partial charge in [-0.1, -0.05) is 31.4 Å². The molecule has 3 aromatic rings. The highest BCUT2D eigenvalue weighted by molar-refractivity contribution is 6.04. The molecule has 2 aromatic carbocycles. The second kappa shape index (κ2) is 7.94. The van der Waals surface area contributed by atoms with Crippen molar-refractivity contribution >= 4 is 34.5 Å². The van der Waals surface area contributed by atoms with Gasteiger partial charge >= 0.3 is 0 Å². The molecule has 5 rings (SSSR count). The lowest BCUT2D eigenvalue weighted by Gasteiger charge is -2.25. The van der Waals surface area contributed by atoms with E-state index in [-0.39, 0.29) is 11.8 Å². The number of aromatic nitrogens is 2. The number of amides is 2. The normalized spacial score (nSPS) is 17.6. The topological polar surface area (TPSA) is 67.2 Å². The third kappa shape index (κ3) is 3.47. The lowest BCUT2D eigenvalue weighted by atomic mass is 9.95. The molecule has 154 valence electrons. The summed E-state index contributed by atoms with van der Waals surface area (Å²) in [6, 6.07) is 15.7. The van der Waals surface area contributed by atoms with Crippen molar-refractivity contribution in [1.82, 2.24) is 9.55 Å². The number of fused-ring (bicyclic) bond motifs is 1. The number of carbonyl (C=O) groups excluding carboxylic acids is 2. The van der Waals surface area contributed by atoms with Gasteiger partial charge in [-0.3, -0.25) is 14.9 Å². The number of anilines is 2. The van der Waals surface area contributed by atoms with Gasteiger partial charge in [0, 0.05) is 30.3 Å². The molecule has 2 fully saturated rings. The zero-order valence-corrected chi connectivity index (χ0v) is 17.0. The molecular formula is C24H26N4O2. The first-order valence-electron chi connectivity index (χ1n) is 10.9. The molecule has 1 aliphatic carbocycles. The molecule has 1 aromatic heterocycles. The van der Waals surface area contributed by atoms with Crippen molar-refractivity contribution < 1.29 is 9.59 Å². The van der Waals surface area contributed by atoms with Crippen LogP contribution in [0.1, 0.15) is 61.3 Å². The summed E-state index contributed by atoms with van der Waals surface area (Å²) in [6.07, 6.45) is 7.40. The molecule has 1 saturated heterocycles. The zero-order valence-electron chi connectivity index (χ0n) is 17.0. The molecule has 30 heavy (non-hydrogen) atoms. The molecule has 0 bridgehead atoms. The van der Waals surface area contributed by atoms with Crippen LogP contribution in [0.5, 0.6) is 0 Å². The Morgan fingerprint density at radius 3 is 2.47 bits per heavy atom. The number of benzene rings is 2.